The summed E-state index contributed by atoms with van der Waals surface area (Å²) in [7, 11) is 0. The lowest BCUT2D eigenvalue weighted by molar-refractivity contribution is 0.894. The Kier molecular flexibility index (Phi) is 3.80. The average Bonchev–Trinajstić information content (AvgIpc) is 2.78. The van der Waals surface area contributed by atoms with E-state index in [4.69, 9.17) is 41.2 Å². The second-order valence-corrected chi connectivity index (χ2v) is 5.82. The lowest BCUT2D eigenvalue weighted by Gasteiger charge is -2.08. The van der Waals surface area contributed by atoms with E-state index in [2.05, 4.69) is 9.97 Å². The Hall–Kier alpha value is -1.69. The molecule has 0 radical (unpaired) electrons. The minimum absolute atomic E-state index is 0.366. The summed E-state index contributed by atoms with van der Waals surface area (Å²) >= 11 is 17.2. The maximum atomic E-state index is 6.10. The highest BCUT2D eigenvalue weighted by Gasteiger charge is 2.15. The molecule has 0 saturated carbocycles. The van der Waals surface area contributed by atoms with Gasteiger partial charge in [0.1, 0.15) is 5.82 Å². The van der Waals surface area contributed by atoms with Gasteiger partial charge in [0.25, 0.3) is 0 Å². The molecule has 0 aliphatic carbocycles. The number of hydrogen-bond acceptors (Lipinski definition) is 3. The number of aromatic nitrogens is 3. The molecule has 0 fully saturated rings. The van der Waals surface area contributed by atoms with Gasteiger partial charge < -0.3 is 10.3 Å². The first kappa shape index (κ1) is 14.3. The second-order valence-electron chi connectivity index (χ2n) is 4.48. The zero-order valence-electron chi connectivity index (χ0n) is 10.8. The van der Waals surface area contributed by atoms with Crippen LogP contribution in [0.4, 0.5) is 0 Å². The molecule has 0 spiro atoms. The van der Waals surface area contributed by atoms with E-state index >= 15 is 0 Å². The van der Waals surface area contributed by atoms with Gasteiger partial charge in [0, 0.05) is 18.0 Å². The smallest absolute Gasteiger partial charge is 0.143 e. The van der Waals surface area contributed by atoms with E-state index in [-0.39, 0.29) is 0 Å². The van der Waals surface area contributed by atoms with E-state index in [0.29, 0.717) is 21.6 Å². The van der Waals surface area contributed by atoms with Gasteiger partial charge in [0.2, 0.25) is 0 Å². The van der Waals surface area contributed by atoms with E-state index in [1.807, 2.05) is 16.7 Å². The molecule has 7 heteroatoms. The molecule has 2 N–H and O–H groups in total. The zero-order valence-corrected chi connectivity index (χ0v) is 13.1. The average molecular weight is 337 g/mol. The largest absolute Gasteiger partial charge is 0.392 e. The van der Waals surface area contributed by atoms with Crippen molar-refractivity contribution in [3.8, 4) is 11.4 Å². The van der Waals surface area contributed by atoms with Crippen molar-refractivity contribution in [3.63, 3.8) is 0 Å². The van der Waals surface area contributed by atoms with Crippen molar-refractivity contribution >= 4 is 51.4 Å². The number of hydrogen-bond donors (Lipinski definition) is 1. The number of halogens is 2. The van der Waals surface area contributed by atoms with Crippen LogP contribution < -0.4 is 5.73 Å². The lowest BCUT2D eigenvalue weighted by Crippen LogP contribution is -2.17. The summed E-state index contributed by atoms with van der Waals surface area (Å²) in [6, 6.07) is 7.27. The number of thiocarbonyl (C=S) groups is 1. The third-order valence-corrected chi connectivity index (χ3v) is 3.88. The van der Waals surface area contributed by atoms with Crippen LogP contribution in [0.2, 0.25) is 10.0 Å². The van der Waals surface area contributed by atoms with Crippen molar-refractivity contribution in [3.05, 3.63) is 46.7 Å². The van der Waals surface area contributed by atoms with Crippen LogP contribution >= 0.6 is 35.4 Å². The van der Waals surface area contributed by atoms with Crippen LogP contribution in [0.3, 0.4) is 0 Å². The van der Waals surface area contributed by atoms with Crippen LogP contribution in [0, 0.1) is 0 Å². The fourth-order valence-electron chi connectivity index (χ4n) is 2.15. The highest BCUT2D eigenvalue weighted by Crippen LogP contribution is 2.31. The minimum atomic E-state index is 0.366. The van der Waals surface area contributed by atoms with Gasteiger partial charge in [-0.25, -0.2) is 4.98 Å². The van der Waals surface area contributed by atoms with Crippen LogP contribution in [-0.2, 0) is 6.54 Å². The molecule has 0 aliphatic heterocycles. The summed E-state index contributed by atoms with van der Waals surface area (Å²) in [4.78, 5) is 9.09. The van der Waals surface area contributed by atoms with Gasteiger partial charge in [-0.3, -0.25) is 4.98 Å². The fraction of sp³-hybridized carbons (Fsp3) is 0.0714. The molecule has 2 aromatic heterocycles. The van der Waals surface area contributed by atoms with Crippen LogP contribution in [0.5, 0.6) is 0 Å². The van der Waals surface area contributed by atoms with Crippen LogP contribution in [0.25, 0.3) is 22.4 Å². The summed E-state index contributed by atoms with van der Waals surface area (Å²) in [5.41, 5.74) is 8.14. The number of fused-ring (bicyclic) bond motifs is 1. The summed E-state index contributed by atoms with van der Waals surface area (Å²) in [6.07, 6.45) is 3.44. The summed E-state index contributed by atoms with van der Waals surface area (Å²) < 4.78 is 1.91. The van der Waals surface area contributed by atoms with Gasteiger partial charge in [-0.15, -0.1) is 0 Å². The third kappa shape index (κ3) is 2.72. The maximum Gasteiger partial charge on any atom is 0.143 e. The molecule has 3 rings (SSSR count). The monoisotopic (exact) mass is 336 g/mol. The Balaban J connectivity index is 2.30. The van der Waals surface area contributed by atoms with Gasteiger partial charge in [-0.2, -0.15) is 0 Å². The molecular weight excluding hydrogens is 327 g/mol. The predicted molar refractivity (Wildman–Crippen MR) is 89.8 cm³/mol. The highest BCUT2D eigenvalue weighted by molar-refractivity contribution is 7.80. The lowest BCUT2D eigenvalue weighted by atomic mass is 10.2. The molecule has 2 heterocycles. The Labute approximate surface area is 136 Å². The fourth-order valence-corrected chi connectivity index (χ4v) is 2.60. The van der Waals surface area contributed by atoms with E-state index in [0.717, 1.165) is 22.4 Å². The molecule has 106 valence electrons. The number of imidazole rings is 1. The van der Waals surface area contributed by atoms with Crippen LogP contribution in [0.1, 0.15) is 0 Å². The van der Waals surface area contributed by atoms with Crippen molar-refractivity contribution in [2.45, 2.75) is 6.54 Å². The molecule has 0 bridgehead atoms. The summed E-state index contributed by atoms with van der Waals surface area (Å²) in [6.45, 7) is 0.369. The highest BCUT2D eigenvalue weighted by atomic mass is 35.5. The van der Waals surface area contributed by atoms with Crippen molar-refractivity contribution in [2.24, 2.45) is 5.73 Å². The van der Waals surface area contributed by atoms with Gasteiger partial charge in [0.05, 0.1) is 32.6 Å². The van der Waals surface area contributed by atoms with Gasteiger partial charge in [-0.1, -0.05) is 35.4 Å². The predicted octanol–water partition coefficient (Wildman–Crippen LogP) is 3.69. The molecule has 0 saturated heterocycles. The van der Waals surface area contributed by atoms with Crippen LogP contribution in [-0.4, -0.2) is 19.5 Å². The van der Waals surface area contributed by atoms with Crippen molar-refractivity contribution < 1.29 is 0 Å². The van der Waals surface area contributed by atoms with E-state index in [9.17, 15) is 0 Å². The Bertz CT molecular complexity index is 830. The first-order chi connectivity index (χ1) is 10.1. The van der Waals surface area contributed by atoms with Crippen molar-refractivity contribution in [2.75, 3.05) is 0 Å². The topological polar surface area (TPSA) is 56.7 Å². The normalized spacial score (nSPS) is 11.0. The quantitative estimate of drug-likeness (QED) is 0.741. The molecule has 0 amide bonds. The molecule has 21 heavy (non-hydrogen) atoms. The Morgan fingerprint density at radius 3 is 2.71 bits per heavy atom. The Morgan fingerprint density at radius 2 is 2.05 bits per heavy atom. The second kappa shape index (κ2) is 5.60. The van der Waals surface area contributed by atoms with E-state index < -0.39 is 0 Å². The maximum absolute atomic E-state index is 6.10. The standard InChI is InChI=1S/C14H10Cl2N4S/c15-9-4-11-12(5-10(9)16)20(7-13(17)21)14(19-11)8-2-1-3-18-6-8/h1-6H,7H2,(H2,17,21). The SMILES string of the molecule is NC(=S)Cn1c(-c2cccnc2)nc2cc(Cl)c(Cl)cc21. The number of nitrogens with zero attached hydrogens (tertiary/aromatic N) is 3. The van der Waals surface area contributed by atoms with Gasteiger partial charge in [-0.05, 0) is 24.3 Å². The molecule has 0 aliphatic rings. The van der Waals surface area contributed by atoms with Gasteiger partial charge >= 0.3 is 0 Å². The number of rotatable bonds is 3. The zero-order chi connectivity index (χ0) is 15.0. The summed E-state index contributed by atoms with van der Waals surface area (Å²) in [5, 5.41) is 0.924. The van der Waals surface area contributed by atoms with Crippen LogP contribution in [0.15, 0.2) is 36.7 Å². The van der Waals surface area contributed by atoms with Crippen molar-refractivity contribution in [1.82, 2.24) is 14.5 Å². The number of pyridine rings is 1. The van der Waals surface area contributed by atoms with E-state index in [1.54, 1.807) is 24.5 Å². The molecule has 4 nitrogen and oxygen atoms in total. The summed E-state index contributed by atoms with van der Waals surface area (Å²) in [5.74, 6) is 0.726. The Morgan fingerprint density at radius 1 is 1.29 bits per heavy atom. The third-order valence-electron chi connectivity index (χ3n) is 3.02. The van der Waals surface area contributed by atoms with E-state index in [1.165, 1.54) is 0 Å². The first-order valence-corrected chi connectivity index (χ1v) is 7.26. The first-order valence-electron chi connectivity index (χ1n) is 6.10. The molecular formula is C14H10Cl2N4S. The molecule has 1 aromatic carbocycles. The molecule has 0 atom stereocenters. The minimum Gasteiger partial charge on any atom is -0.392 e. The molecule has 0 unspecified atom stereocenters. The number of nitrogens with two attached hydrogens (primary N) is 1. The number of benzene rings is 1. The van der Waals surface area contributed by atoms with Crippen molar-refractivity contribution in [1.29, 1.82) is 0 Å². The molecule has 3 aromatic rings. The van der Waals surface area contributed by atoms with Gasteiger partial charge in [0.15, 0.2) is 0 Å².